The van der Waals surface area contributed by atoms with Gasteiger partial charge in [0.2, 0.25) is 6.79 Å². The van der Waals surface area contributed by atoms with Crippen LogP contribution in [0.25, 0.3) is 0 Å². The number of aromatic hydroxyl groups is 1. The highest BCUT2D eigenvalue weighted by Gasteiger charge is 2.17. The molecule has 0 saturated heterocycles. The molecule has 0 fully saturated rings. The molecule has 1 aliphatic rings. The van der Waals surface area contributed by atoms with Crippen molar-refractivity contribution in [3.8, 4) is 17.2 Å². The molecule has 1 heterocycles. The molecule has 0 amide bonds. The van der Waals surface area contributed by atoms with Crippen molar-refractivity contribution in [2.24, 2.45) is 0 Å². The maximum absolute atomic E-state index is 9.85. The first-order valence-corrected chi connectivity index (χ1v) is 5.58. The van der Waals surface area contributed by atoms with Gasteiger partial charge in [0.25, 0.3) is 0 Å². The van der Waals surface area contributed by atoms with Crippen molar-refractivity contribution in [1.82, 2.24) is 4.90 Å². The van der Waals surface area contributed by atoms with Crippen molar-refractivity contribution >= 4 is 0 Å². The van der Waals surface area contributed by atoms with E-state index in [2.05, 4.69) is 18.7 Å². The first kappa shape index (κ1) is 11.1. The van der Waals surface area contributed by atoms with Crippen molar-refractivity contribution in [3.63, 3.8) is 0 Å². The van der Waals surface area contributed by atoms with Gasteiger partial charge in [-0.2, -0.15) is 0 Å². The summed E-state index contributed by atoms with van der Waals surface area (Å²) >= 11 is 0. The molecule has 1 aliphatic heterocycles. The molecule has 1 aromatic carbocycles. The highest BCUT2D eigenvalue weighted by molar-refractivity contribution is 5.51. The second-order valence-electron chi connectivity index (χ2n) is 3.80. The van der Waals surface area contributed by atoms with Gasteiger partial charge in [-0.3, -0.25) is 4.90 Å². The minimum atomic E-state index is 0.240. The Bertz CT molecular complexity index is 375. The minimum Gasteiger partial charge on any atom is -0.507 e. The first-order chi connectivity index (χ1) is 7.74. The van der Waals surface area contributed by atoms with E-state index in [4.69, 9.17) is 9.47 Å². The molecule has 0 atom stereocenters. The number of hydrogen-bond acceptors (Lipinski definition) is 4. The van der Waals surface area contributed by atoms with E-state index in [0.29, 0.717) is 5.75 Å². The average molecular weight is 223 g/mol. The largest absolute Gasteiger partial charge is 0.507 e. The van der Waals surface area contributed by atoms with Crippen LogP contribution in [0.1, 0.15) is 19.4 Å². The standard InChI is InChI=1S/C12H17NO3/c1-3-13(4-2)7-9-5-11-12(6-10(9)14)16-8-15-11/h5-6,14H,3-4,7-8H2,1-2H3. The van der Waals surface area contributed by atoms with Gasteiger partial charge in [-0.05, 0) is 19.2 Å². The van der Waals surface area contributed by atoms with Gasteiger partial charge in [0, 0.05) is 18.2 Å². The van der Waals surface area contributed by atoms with E-state index in [-0.39, 0.29) is 12.5 Å². The average Bonchev–Trinajstić information content (AvgIpc) is 2.72. The molecular weight excluding hydrogens is 206 g/mol. The lowest BCUT2D eigenvalue weighted by Crippen LogP contribution is -2.22. The number of hydrogen-bond donors (Lipinski definition) is 1. The van der Waals surface area contributed by atoms with Crippen molar-refractivity contribution in [2.45, 2.75) is 20.4 Å². The van der Waals surface area contributed by atoms with E-state index in [1.54, 1.807) is 6.07 Å². The van der Waals surface area contributed by atoms with Crippen molar-refractivity contribution in [1.29, 1.82) is 0 Å². The predicted molar refractivity (Wildman–Crippen MR) is 60.9 cm³/mol. The van der Waals surface area contributed by atoms with Gasteiger partial charge in [-0.1, -0.05) is 13.8 Å². The second-order valence-corrected chi connectivity index (χ2v) is 3.80. The third kappa shape index (κ3) is 2.07. The lowest BCUT2D eigenvalue weighted by molar-refractivity contribution is 0.174. The highest BCUT2D eigenvalue weighted by Crippen LogP contribution is 2.37. The summed E-state index contributed by atoms with van der Waals surface area (Å²) in [5, 5.41) is 9.85. The molecule has 1 aromatic rings. The third-order valence-corrected chi connectivity index (χ3v) is 2.86. The fraction of sp³-hybridized carbons (Fsp3) is 0.500. The van der Waals surface area contributed by atoms with E-state index < -0.39 is 0 Å². The zero-order chi connectivity index (χ0) is 11.5. The van der Waals surface area contributed by atoms with Crippen LogP contribution >= 0.6 is 0 Å². The summed E-state index contributed by atoms with van der Waals surface area (Å²) < 4.78 is 10.5. The van der Waals surface area contributed by atoms with E-state index >= 15 is 0 Å². The number of phenols is 1. The lowest BCUT2D eigenvalue weighted by Gasteiger charge is -2.18. The van der Waals surface area contributed by atoms with E-state index in [1.807, 2.05) is 6.07 Å². The molecular formula is C12H17NO3. The van der Waals surface area contributed by atoms with Crippen LogP contribution in [0.15, 0.2) is 12.1 Å². The van der Waals surface area contributed by atoms with Crippen LogP contribution in [0.5, 0.6) is 17.2 Å². The minimum absolute atomic E-state index is 0.240. The van der Waals surface area contributed by atoms with Gasteiger partial charge in [-0.25, -0.2) is 0 Å². The molecule has 4 heteroatoms. The summed E-state index contributed by atoms with van der Waals surface area (Å²) in [4.78, 5) is 2.23. The van der Waals surface area contributed by atoms with Crippen molar-refractivity contribution in [3.05, 3.63) is 17.7 Å². The molecule has 0 aliphatic carbocycles. The smallest absolute Gasteiger partial charge is 0.231 e. The molecule has 2 rings (SSSR count). The summed E-state index contributed by atoms with van der Waals surface area (Å²) in [5.74, 6) is 1.62. The van der Waals surface area contributed by atoms with Gasteiger partial charge in [0.15, 0.2) is 11.5 Å². The predicted octanol–water partition coefficient (Wildman–Crippen LogP) is 1.96. The molecule has 88 valence electrons. The monoisotopic (exact) mass is 223 g/mol. The molecule has 0 radical (unpaired) electrons. The quantitative estimate of drug-likeness (QED) is 0.847. The van der Waals surface area contributed by atoms with Crippen LogP contribution in [0, 0.1) is 0 Å². The maximum Gasteiger partial charge on any atom is 0.231 e. The Morgan fingerprint density at radius 2 is 1.81 bits per heavy atom. The number of benzene rings is 1. The molecule has 1 N–H and O–H groups in total. The van der Waals surface area contributed by atoms with E-state index in [9.17, 15) is 5.11 Å². The number of fused-ring (bicyclic) bond motifs is 1. The van der Waals surface area contributed by atoms with Crippen LogP contribution in [0.4, 0.5) is 0 Å². The fourth-order valence-corrected chi connectivity index (χ4v) is 1.79. The molecule has 0 aromatic heterocycles. The van der Waals surface area contributed by atoms with Crippen LogP contribution in [0.2, 0.25) is 0 Å². The lowest BCUT2D eigenvalue weighted by atomic mass is 10.1. The Labute approximate surface area is 95.4 Å². The topological polar surface area (TPSA) is 41.9 Å². The van der Waals surface area contributed by atoms with Gasteiger partial charge in [0.1, 0.15) is 5.75 Å². The SMILES string of the molecule is CCN(CC)Cc1cc2c(cc1O)OCO2. The Morgan fingerprint density at radius 3 is 2.44 bits per heavy atom. The Balaban J connectivity index is 2.21. The number of nitrogens with zero attached hydrogens (tertiary/aromatic N) is 1. The molecule has 0 spiro atoms. The normalized spacial score (nSPS) is 13.4. The molecule has 0 saturated carbocycles. The second kappa shape index (κ2) is 4.61. The van der Waals surface area contributed by atoms with Crippen LogP contribution in [-0.2, 0) is 6.54 Å². The molecule has 0 bridgehead atoms. The highest BCUT2D eigenvalue weighted by atomic mass is 16.7. The van der Waals surface area contributed by atoms with E-state index in [1.165, 1.54) is 0 Å². The zero-order valence-electron chi connectivity index (χ0n) is 9.69. The van der Waals surface area contributed by atoms with E-state index in [0.717, 1.165) is 30.9 Å². The van der Waals surface area contributed by atoms with Crippen molar-refractivity contribution in [2.75, 3.05) is 19.9 Å². The Morgan fingerprint density at radius 1 is 1.19 bits per heavy atom. The number of ether oxygens (including phenoxy) is 2. The van der Waals surface area contributed by atoms with Crippen LogP contribution in [-0.4, -0.2) is 29.9 Å². The van der Waals surface area contributed by atoms with Gasteiger partial charge < -0.3 is 14.6 Å². The van der Waals surface area contributed by atoms with Crippen molar-refractivity contribution < 1.29 is 14.6 Å². The van der Waals surface area contributed by atoms with Gasteiger partial charge in [0.05, 0.1) is 0 Å². The van der Waals surface area contributed by atoms with Crippen LogP contribution in [0.3, 0.4) is 0 Å². The Kier molecular flexibility index (Phi) is 3.19. The molecule has 0 unspecified atom stereocenters. The third-order valence-electron chi connectivity index (χ3n) is 2.86. The van der Waals surface area contributed by atoms with Gasteiger partial charge >= 0.3 is 0 Å². The Hall–Kier alpha value is -1.42. The van der Waals surface area contributed by atoms with Gasteiger partial charge in [-0.15, -0.1) is 0 Å². The number of phenolic OH excluding ortho intramolecular Hbond substituents is 1. The summed E-state index contributed by atoms with van der Waals surface area (Å²) in [5.41, 5.74) is 0.882. The summed E-state index contributed by atoms with van der Waals surface area (Å²) in [6.45, 7) is 7.11. The molecule has 4 nitrogen and oxygen atoms in total. The first-order valence-electron chi connectivity index (χ1n) is 5.58. The summed E-state index contributed by atoms with van der Waals surface area (Å²) in [6, 6.07) is 3.48. The molecule has 16 heavy (non-hydrogen) atoms. The summed E-state index contributed by atoms with van der Waals surface area (Å²) in [6.07, 6.45) is 0. The maximum atomic E-state index is 9.85. The zero-order valence-corrected chi connectivity index (χ0v) is 9.69. The summed E-state index contributed by atoms with van der Waals surface area (Å²) in [7, 11) is 0. The van der Waals surface area contributed by atoms with Crippen LogP contribution < -0.4 is 9.47 Å². The fourth-order valence-electron chi connectivity index (χ4n) is 1.79. The number of rotatable bonds is 4.